The molecule has 0 bridgehead atoms. The highest BCUT2D eigenvalue weighted by atomic mass is 35.5. The van der Waals surface area contributed by atoms with Gasteiger partial charge in [0, 0.05) is 15.8 Å². The van der Waals surface area contributed by atoms with Crippen molar-refractivity contribution < 1.29 is 0 Å². The van der Waals surface area contributed by atoms with Gasteiger partial charge < -0.3 is 0 Å². The van der Waals surface area contributed by atoms with E-state index in [-0.39, 0.29) is 5.41 Å². The number of aromatic nitrogens is 1. The first-order valence-electron chi connectivity index (χ1n) is 4.69. The van der Waals surface area contributed by atoms with Crippen LogP contribution in [0.25, 0.3) is 0 Å². The summed E-state index contributed by atoms with van der Waals surface area (Å²) >= 11 is 7.50. The Morgan fingerprint density at radius 2 is 1.93 bits per heavy atom. The van der Waals surface area contributed by atoms with Crippen LogP contribution in [0.15, 0.2) is 29.6 Å². The van der Waals surface area contributed by atoms with Crippen molar-refractivity contribution in [1.29, 1.82) is 0 Å². The van der Waals surface area contributed by atoms with Crippen molar-refractivity contribution in [3.8, 4) is 0 Å². The molecule has 2 rings (SSSR count). The van der Waals surface area contributed by atoms with E-state index in [1.54, 1.807) is 11.3 Å². The van der Waals surface area contributed by atoms with Crippen molar-refractivity contribution in [3.63, 3.8) is 0 Å². The molecule has 77 valence electrons. The maximum absolute atomic E-state index is 5.87. The molecule has 1 heterocycles. The Morgan fingerprint density at radius 1 is 1.27 bits per heavy atom. The largest absolute Gasteiger partial charge is 0.239 e. The van der Waals surface area contributed by atoms with Crippen LogP contribution in [0.5, 0.6) is 0 Å². The maximum atomic E-state index is 5.87. The van der Waals surface area contributed by atoms with Crippen molar-refractivity contribution >= 4 is 22.9 Å². The van der Waals surface area contributed by atoms with E-state index in [4.69, 9.17) is 11.6 Å². The van der Waals surface area contributed by atoms with E-state index in [1.165, 1.54) is 5.56 Å². The van der Waals surface area contributed by atoms with Crippen molar-refractivity contribution in [2.75, 3.05) is 0 Å². The standard InChI is InChI=1S/C12H11ClNS/c1-12(2,11-14-7-8-15-11)9-3-5-10(13)6-4-9/h3-6,8H,1-2H3. The number of halogens is 1. The summed E-state index contributed by atoms with van der Waals surface area (Å²) in [7, 11) is 0. The molecule has 0 N–H and O–H groups in total. The fourth-order valence-electron chi connectivity index (χ4n) is 1.47. The van der Waals surface area contributed by atoms with Gasteiger partial charge in [0.2, 0.25) is 0 Å². The molecule has 1 radical (unpaired) electrons. The van der Waals surface area contributed by atoms with Crippen molar-refractivity contribution in [3.05, 3.63) is 51.4 Å². The number of rotatable bonds is 2. The van der Waals surface area contributed by atoms with E-state index in [2.05, 4.69) is 25.0 Å². The Balaban J connectivity index is 2.41. The quantitative estimate of drug-likeness (QED) is 0.770. The highest BCUT2D eigenvalue weighted by Gasteiger charge is 2.25. The van der Waals surface area contributed by atoms with Gasteiger partial charge in [-0.05, 0) is 31.5 Å². The number of benzene rings is 1. The molecular weight excluding hydrogens is 226 g/mol. The summed E-state index contributed by atoms with van der Waals surface area (Å²) in [6, 6.07) is 7.92. The third kappa shape index (κ3) is 2.06. The third-order valence-corrected chi connectivity index (χ3v) is 3.79. The van der Waals surface area contributed by atoms with Crippen molar-refractivity contribution in [1.82, 2.24) is 4.98 Å². The molecule has 1 nitrogen and oxygen atoms in total. The molecule has 0 spiro atoms. The average molecular weight is 237 g/mol. The van der Waals surface area contributed by atoms with Crippen LogP contribution in [0.1, 0.15) is 24.4 Å². The fourth-order valence-corrected chi connectivity index (χ4v) is 2.33. The first kappa shape index (κ1) is 10.7. The normalized spacial score (nSPS) is 11.7. The second-order valence-electron chi connectivity index (χ2n) is 3.91. The van der Waals surface area contributed by atoms with Gasteiger partial charge in [0.25, 0.3) is 0 Å². The maximum Gasteiger partial charge on any atom is 0.103 e. The lowest BCUT2D eigenvalue weighted by atomic mass is 9.85. The molecule has 0 atom stereocenters. The van der Waals surface area contributed by atoms with Crippen molar-refractivity contribution in [2.45, 2.75) is 19.3 Å². The smallest absolute Gasteiger partial charge is 0.103 e. The number of hydrogen-bond donors (Lipinski definition) is 0. The molecule has 0 aliphatic carbocycles. The molecule has 0 aliphatic rings. The average Bonchev–Trinajstić information content (AvgIpc) is 2.71. The Labute approximate surface area is 98.7 Å². The third-order valence-electron chi connectivity index (χ3n) is 2.49. The predicted molar refractivity (Wildman–Crippen MR) is 64.5 cm³/mol. The number of thiazole rings is 1. The summed E-state index contributed by atoms with van der Waals surface area (Å²) in [6.45, 7) is 4.31. The highest BCUT2D eigenvalue weighted by molar-refractivity contribution is 7.09. The van der Waals surface area contributed by atoms with Gasteiger partial charge >= 0.3 is 0 Å². The zero-order valence-electron chi connectivity index (χ0n) is 8.62. The Bertz CT molecular complexity index is 431. The minimum Gasteiger partial charge on any atom is -0.239 e. The summed E-state index contributed by atoms with van der Waals surface area (Å²) in [6.07, 6.45) is 2.86. The first-order valence-corrected chi connectivity index (χ1v) is 5.94. The summed E-state index contributed by atoms with van der Waals surface area (Å²) < 4.78 is 0. The SMILES string of the molecule is CC(C)(c1ccc(Cl)cc1)c1n[c]cs1. The molecule has 0 fully saturated rings. The Morgan fingerprint density at radius 3 is 2.47 bits per heavy atom. The van der Waals surface area contributed by atoms with E-state index in [0.717, 1.165) is 10.0 Å². The summed E-state index contributed by atoms with van der Waals surface area (Å²) in [5, 5.41) is 3.72. The van der Waals surface area contributed by atoms with Crippen LogP contribution in [-0.4, -0.2) is 4.98 Å². The van der Waals surface area contributed by atoms with Gasteiger partial charge in [-0.15, -0.1) is 11.3 Å². The molecule has 15 heavy (non-hydrogen) atoms. The second-order valence-corrected chi connectivity index (χ2v) is 5.21. The lowest BCUT2D eigenvalue weighted by Crippen LogP contribution is -2.18. The van der Waals surface area contributed by atoms with Gasteiger partial charge in [0.1, 0.15) is 11.2 Å². The monoisotopic (exact) mass is 236 g/mol. The zero-order chi connectivity index (χ0) is 10.9. The van der Waals surface area contributed by atoms with Crippen molar-refractivity contribution in [2.24, 2.45) is 0 Å². The topological polar surface area (TPSA) is 12.9 Å². The Kier molecular flexibility index (Phi) is 2.81. The lowest BCUT2D eigenvalue weighted by molar-refractivity contribution is 0.634. The van der Waals surface area contributed by atoms with Crippen LogP contribution in [0.3, 0.4) is 0 Å². The molecule has 0 aliphatic heterocycles. The second kappa shape index (κ2) is 3.95. The molecular formula is C12H11ClNS. The van der Waals surface area contributed by atoms with Gasteiger partial charge in [-0.25, -0.2) is 4.98 Å². The van der Waals surface area contributed by atoms with Gasteiger partial charge in [-0.3, -0.25) is 0 Å². The van der Waals surface area contributed by atoms with Gasteiger partial charge in [0.15, 0.2) is 0 Å². The molecule has 0 amide bonds. The van der Waals surface area contributed by atoms with Gasteiger partial charge in [0.05, 0.1) is 0 Å². The summed E-state index contributed by atoms with van der Waals surface area (Å²) in [5.74, 6) is 0. The van der Waals surface area contributed by atoms with Crippen LogP contribution < -0.4 is 0 Å². The van der Waals surface area contributed by atoms with E-state index in [9.17, 15) is 0 Å². The predicted octanol–water partition coefficient (Wildman–Crippen LogP) is 3.92. The minimum absolute atomic E-state index is 0.0742. The summed E-state index contributed by atoms with van der Waals surface area (Å²) in [5.41, 5.74) is 1.14. The Hall–Kier alpha value is -0.860. The molecule has 1 aromatic carbocycles. The minimum atomic E-state index is -0.0742. The number of nitrogens with zero attached hydrogens (tertiary/aromatic N) is 1. The highest BCUT2D eigenvalue weighted by Crippen LogP contribution is 2.32. The molecule has 2 aromatic rings. The molecule has 0 saturated carbocycles. The summed E-state index contributed by atoms with van der Waals surface area (Å²) in [4.78, 5) is 4.25. The fraction of sp³-hybridized carbons (Fsp3) is 0.250. The molecule has 0 unspecified atom stereocenters. The van der Waals surface area contributed by atoms with Crippen LogP contribution in [0, 0.1) is 6.20 Å². The van der Waals surface area contributed by atoms with E-state index >= 15 is 0 Å². The molecule has 3 heteroatoms. The van der Waals surface area contributed by atoms with Crippen LogP contribution in [-0.2, 0) is 5.41 Å². The van der Waals surface area contributed by atoms with Crippen LogP contribution in [0.2, 0.25) is 5.02 Å². The molecule has 1 aromatic heterocycles. The van der Waals surface area contributed by atoms with Crippen LogP contribution in [0.4, 0.5) is 0 Å². The zero-order valence-corrected chi connectivity index (χ0v) is 10.2. The van der Waals surface area contributed by atoms with Crippen LogP contribution >= 0.6 is 22.9 Å². The van der Waals surface area contributed by atoms with E-state index in [0.29, 0.717) is 0 Å². The van der Waals surface area contributed by atoms with Gasteiger partial charge in [-0.1, -0.05) is 23.7 Å². The van der Waals surface area contributed by atoms with Gasteiger partial charge in [-0.2, -0.15) is 0 Å². The number of hydrogen-bond acceptors (Lipinski definition) is 2. The van der Waals surface area contributed by atoms with E-state index < -0.39 is 0 Å². The molecule has 0 saturated heterocycles. The van der Waals surface area contributed by atoms with E-state index in [1.807, 2.05) is 29.6 Å². The first-order chi connectivity index (χ1) is 7.10. The lowest BCUT2D eigenvalue weighted by Gasteiger charge is -2.22.